The number of aliphatic hydroxyl groups is 1. The lowest BCUT2D eigenvalue weighted by molar-refractivity contribution is 0.0510. The molecule has 0 unspecified atom stereocenters. The molecule has 6 heteroatoms. The Labute approximate surface area is 135 Å². The van der Waals surface area contributed by atoms with E-state index in [0.29, 0.717) is 6.54 Å². The van der Waals surface area contributed by atoms with Crippen LogP contribution in [0.2, 0.25) is 0 Å². The molecule has 0 saturated heterocycles. The van der Waals surface area contributed by atoms with Crippen LogP contribution in [0.4, 0.5) is 0 Å². The van der Waals surface area contributed by atoms with Gasteiger partial charge in [0, 0.05) is 31.6 Å². The maximum Gasteiger partial charge on any atom is 0.145 e. The number of oxime groups is 1. The molecule has 2 aliphatic rings. The largest absolute Gasteiger partial charge is 0.394 e. The lowest BCUT2D eigenvalue weighted by Crippen LogP contribution is -2.29. The third-order valence-corrected chi connectivity index (χ3v) is 4.42. The first-order valence-electron chi connectivity index (χ1n) is 7.98. The third-order valence-electron chi connectivity index (χ3n) is 4.42. The molecular formula is C17H20N4O2. The highest BCUT2D eigenvalue weighted by Crippen LogP contribution is 2.25. The van der Waals surface area contributed by atoms with Gasteiger partial charge in [-0.15, -0.1) is 0 Å². The van der Waals surface area contributed by atoms with Crippen molar-refractivity contribution in [1.29, 1.82) is 0 Å². The molecule has 1 atom stereocenters. The van der Waals surface area contributed by atoms with Gasteiger partial charge < -0.3 is 9.94 Å². The van der Waals surface area contributed by atoms with E-state index in [2.05, 4.69) is 27.3 Å². The Morgan fingerprint density at radius 2 is 2.09 bits per heavy atom. The zero-order valence-electron chi connectivity index (χ0n) is 12.9. The van der Waals surface area contributed by atoms with E-state index in [1.165, 1.54) is 11.3 Å². The fourth-order valence-corrected chi connectivity index (χ4v) is 3.31. The molecule has 1 aromatic carbocycles. The molecule has 4 rings (SSSR count). The van der Waals surface area contributed by atoms with E-state index in [4.69, 9.17) is 9.94 Å². The van der Waals surface area contributed by atoms with E-state index in [-0.39, 0.29) is 12.7 Å². The van der Waals surface area contributed by atoms with Crippen molar-refractivity contribution >= 4 is 5.71 Å². The van der Waals surface area contributed by atoms with Crippen molar-refractivity contribution in [3.05, 3.63) is 53.3 Å². The summed E-state index contributed by atoms with van der Waals surface area (Å²) in [5.41, 5.74) is 4.62. The van der Waals surface area contributed by atoms with Crippen molar-refractivity contribution in [2.24, 2.45) is 5.16 Å². The monoisotopic (exact) mass is 312 g/mol. The molecule has 1 N–H and O–H groups in total. The van der Waals surface area contributed by atoms with Gasteiger partial charge >= 0.3 is 0 Å². The van der Waals surface area contributed by atoms with E-state index in [9.17, 15) is 0 Å². The second-order valence-corrected chi connectivity index (χ2v) is 6.07. The predicted octanol–water partition coefficient (Wildman–Crippen LogP) is 1.38. The van der Waals surface area contributed by atoms with Crippen molar-refractivity contribution in [3.8, 4) is 0 Å². The van der Waals surface area contributed by atoms with Gasteiger partial charge in [0.05, 0.1) is 30.8 Å². The summed E-state index contributed by atoms with van der Waals surface area (Å²) in [5, 5.41) is 17.7. The van der Waals surface area contributed by atoms with Gasteiger partial charge in [-0.25, -0.2) is 0 Å². The van der Waals surface area contributed by atoms with Crippen LogP contribution in [-0.4, -0.2) is 44.8 Å². The summed E-state index contributed by atoms with van der Waals surface area (Å²) in [6.07, 6.45) is 2.86. The van der Waals surface area contributed by atoms with Gasteiger partial charge in [-0.05, 0) is 5.56 Å². The number of aromatic nitrogens is 2. The molecule has 0 fully saturated rings. The molecule has 0 spiro atoms. The second kappa shape index (κ2) is 6.14. The molecule has 2 aliphatic heterocycles. The number of hydrogen-bond donors (Lipinski definition) is 1. The minimum Gasteiger partial charge on any atom is -0.394 e. The number of rotatable bonds is 5. The molecule has 120 valence electrons. The molecular weight excluding hydrogens is 292 g/mol. The van der Waals surface area contributed by atoms with Gasteiger partial charge in [0.2, 0.25) is 0 Å². The highest BCUT2D eigenvalue weighted by atomic mass is 16.6. The van der Waals surface area contributed by atoms with Gasteiger partial charge in [0.25, 0.3) is 0 Å². The number of nitrogens with zero attached hydrogens (tertiary/aromatic N) is 4. The summed E-state index contributed by atoms with van der Waals surface area (Å²) in [4.78, 5) is 7.97. The Kier molecular flexibility index (Phi) is 3.85. The minimum atomic E-state index is 0.105. The van der Waals surface area contributed by atoms with E-state index < -0.39 is 0 Å². The Morgan fingerprint density at radius 1 is 1.22 bits per heavy atom. The van der Waals surface area contributed by atoms with Gasteiger partial charge in [-0.1, -0.05) is 35.5 Å². The normalized spacial score (nSPS) is 20.4. The topological polar surface area (TPSA) is 62.9 Å². The van der Waals surface area contributed by atoms with Crippen LogP contribution in [0.1, 0.15) is 23.2 Å². The fraction of sp³-hybridized carbons (Fsp3) is 0.412. The highest BCUT2D eigenvalue weighted by Gasteiger charge is 2.29. The molecule has 0 saturated carbocycles. The standard InChI is InChI=1S/C17H20N4O2/c22-7-6-21-17-12-20(10-14(17)9-18-21)11-15-8-16(19-23-15)13-4-2-1-3-5-13/h1-5,9,15,22H,6-8,10-12H2/t15-/m1/s1. The molecule has 3 heterocycles. The number of hydrogen-bond acceptors (Lipinski definition) is 5. The summed E-state index contributed by atoms with van der Waals surface area (Å²) in [6, 6.07) is 10.2. The van der Waals surface area contributed by atoms with Crippen molar-refractivity contribution in [2.75, 3.05) is 13.2 Å². The highest BCUT2D eigenvalue weighted by molar-refractivity contribution is 6.01. The fourth-order valence-electron chi connectivity index (χ4n) is 3.31. The number of fused-ring (bicyclic) bond motifs is 1. The summed E-state index contributed by atoms with van der Waals surface area (Å²) in [7, 11) is 0. The first-order chi connectivity index (χ1) is 11.3. The number of benzene rings is 1. The first-order valence-corrected chi connectivity index (χ1v) is 7.98. The Bertz CT molecular complexity index is 711. The lowest BCUT2D eigenvalue weighted by Gasteiger charge is -2.18. The summed E-state index contributed by atoms with van der Waals surface area (Å²) >= 11 is 0. The van der Waals surface area contributed by atoms with Crippen molar-refractivity contribution in [3.63, 3.8) is 0 Å². The van der Waals surface area contributed by atoms with E-state index in [0.717, 1.165) is 37.3 Å². The van der Waals surface area contributed by atoms with Crippen LogP contribution in [0.15, 0.2) is 41.7 Å². The summed E-state index contributed by atoms with van der Waals surface area (Å²) in [6.45, 7) is 3.28. The Morgan fingerprint density at radius 3 is 2.91 bits per heavy atom. The molecule has 2 aromatic rings. The zero-order chi connectivity index (χ0) is 15.6. The molecule has 0 amide bonds. The Hall–Kier alpha value is -2.18. The van der Waals surface area contributed by atoms with Crippen LogP contribution in [0.5, 0.6) is 0 Å². The van der Waals surface area contributed by atoms with Gasteiger partial charge in [0.1, 0.15) is 6.10 Å². The molecule has 6 nitrogen and oxygen atoms in total. The Balaban J connectivity index is 1.35. The molecule has 0 radical (unpaired) electrons. The van der Waals surface area contributed by atoms with Gasteiger partial charge in [-0.2, -0.15) is 5.10 Å². The van der Waals surface area contributed by atoms with Crippen LogP contribution in [-0.2, 0) is 24.5 Å². The predicted molar refractivity (Wildman–Crippen MR) is 85.9 cm³/mol. The smallest absolute Gasteiger partial charge is 0.145 e. The van der Waals surface area contributed by atoms with Crippen LogP contribution in [0.3, 0.4) is 0 Å². The average Bonchev–Trinajstić information content (AvgIpc) is 3.27. The van der Waals surface area contributed by atoms with Gasteiger partial charge in [0.15, 0.2) is 0 Å². The summed E-state index contributed by atoms with van der Waals surface area (Å²) in [5.74, 6) is 0. The van der Waals surface area contributed by atoms with Crippen LogP contribution in [0.25, 0.3) is 0 Å². The van der Waals surface area contributed by atoms with E-state index >= 15 is 0 Å². The molecule has 23 heavy (non-hydrogen) atoms. The maximum atomic E-state index is 9.09. The number of aliphatic hydroxyl groups excluding tert-OH is 1. The minimum absolute atomic E-state index is 0.105. The van der Waals surface area contributed by atoms with Crippen molar-refractivity contribution < 1.29 is 9.94 Å². The van der Waals surface area contributed by atoms with Crippen LogP contribution in [0, 0.1) is 0 Å². The lowest BCUT2D eigenvalue weighted by atomic mass is 10.1. The maximum absolute atomic E-state index is 9.09. The zero-order valence-corrected chi connectivity index (χ0v) is 12.9. The first kappa shape index (κ1) is 14.4. The summed E-state index contributed by atoms with van der Waals surface area (Å²) < 4.78 is 1.90. The third kappa shape index (κ3) is 2.87. The van der Waals surface area contributed by atoms with E-state index in [1.807, 2.05) is 29.1 Å². The van der Waals surface area contributed by atoms with Crippen molar-refractivity contribution in [1.82, 2.24) is 14.7 Å². The molecule has 1 aromatic heterocycles. The van der Waals surface area contributed by atoms with Crippen LogP contribution >= 0.6 is 0 Å². The van der Waals surface area contributed by atoms with Gasteiger partial charge in [-0.3, -0.25) is 9.58 Å². The van der Waals surface area contributed by atoms with E-state index in [1.54, 1.807) is 0 Å². The average molecular weight is 312 g/mol. The van der Waals surface area contributed by atoms with Crippen LogP contribution < -0.4 is 0 Å². The SMILES string of the molecule is OCCn1ncc2c1CN(C[C@H]1CC(c3ccccc3)=NO1)C2. The quantitative estimate of drug-likeness (QED) is 0.906. The molecule has 0 aliphatic carbocycles. The molecule has 0 bridgehead atoms. The van der Waals surface area contributed by atoms with Crippen molar-refractivity contribution in [2.45, 2.75) is 32.2 Å². The second-order valence-electron chi connectivity index (χ2n) is 6.07.